The zero-order valence-corrected chi connectivity index (χ0v) is 20.8. The molecule has 0 fully saturated rings. The Morgan fingerprint density at radius 3 is 2.00 bits per heavy atom. The molecule has 0 N–H and O–H groups in total. The highest BCUT2D eigenvalue weighted by atomic mass is 16.5. The molecule has 0 radical (unpaired) electrons. The molecule has 6 heteroatoms. The van der Waals surface area contributed by atoms with Crippen LogP contribution in [0.25, 0.3) is 0 Å². The monoisotopic (exact) mass is 423 g/mol. The van der Waals surface area contributed by atoms with Gasteiger partial charge in [-0.1, -0.05) is 67.5 Å². The average molecular weight is 424 g/mol. The van der Waals surface area contributed by atoms with Crippen LogP contribution in [-0.2, 0) is 20.9 Å². The fourth-order valence-electron chi connectivity index (χ4n) is 2.33. The van der Waals surface area contributed by atoms with E-state index in [2.05, 4.69) is 44.9 Å². The molecule has 1 aromatic heterocycles. The summed E-state index contributed by atoms with van der Waals surface area (Å²) in [6, 6.07) is 0. The number of carbonyl (C=O) groups is 2. The molecule has 0 spiro atoms. The maximum absolute atomic E-state index is 11.4. The van der Waals surface area contributed by atoms with E-state index < -0.39 is 0 Å². The number of aryl methyl sites for hydroxylation is 1. The van der Waals surface area contributed by atoms with E-state index in [1.54, 1.807) is 0 Å². The molecule has 1 rings (SSSR count). The molecular formula is C24H45N3O3. The smallest absolute Gasteiger partial charge is 0.137 e. The molecule has 0 aromatic carbocycles. The van der Waals surface area contributed by atoms with Gasteiger partial charge in [0.05, 0.1) is 12.3 Å². The molecule has 0 aliphatic rings. The van der Waals surface area contributed by atoms with Crippen molar-refractivity contribution < 1.29 is 14.3 Å². The van der Waals surface area contributed by atoms with Crippen LogP contribution in [0.5, 0.6) is 0 Å². The summed E-state index contributed by atoms with van der Waals surface area (Å²) in [7, 11) is 0. The maximum atomic E-state index is 11.4. The Balaban J connectivity index is 0.000000567. The van der Waals surface area contributed by atoms with Crippen LogP contribution in [0.4, 0.5) is 0 Å². The van der Waals surface area contributed by atoms with E-state index in [9.17, 15) is 9.59 Å². The molecule has 30 heavy (non-hydrogen) atoms. The van der Waals surface area contributed by atoms with Crippen molar-refractivity contribution in [3.05, 3.63) is 11.9 Å². The maximum Gasteiger partial charge on any atom is 0.137 e. The van der Waals surface area contributed by atoms with Crippen LogP contribution in [0.3, 0.4) is 0 Å². The van der Waals surface area contributed by atoms with Gasteiger partial charge in [0.25, 0.3) is 0 Å². The largest absolute Gasteiger partial charge is 0.381 e. The molecule has 1 aromatic rings. The predicted octanol–water partition coefficient (Wildman–Crippen LogP) is 5.46. The summed E-state index contributed by atoms with van der Waals surface area (Å²) in [6.45, 7) is 20.6. The standard InChI is InChI=1S/C12H21N3O.C12H24O2/c1-9(2)11-8-15(14-13-11)7-5-6-12(16)10(3)4;1-10(2)11(13)6-8-14-9-7-12(3,4)5/h8-10H,5-7H2,1-4H3;10H,6-9H2,1-5H3. The molecule has 1 heterocycles. The van der Waals surface area contributed by atoms with Gasteiger partial charge < -0.3 is 4.74 Å². The molecule has 0 saturated carbocycles. The van der Waals surface area contributed by atoms with Crippen molar-refractivity contribution >= 4 is 11.6 Å². The predicted molar refractivity (Wildman–Crippen MR) is 123 cm³/mol. The number of Topliss-reactive ketones (excluding diaryl/α,β-unsaturated/α-hetero) is 2. The third-order valence-electron chi connectivity index (χ3n) is 4.74. The van der Waals surface area contributed by atoms with Crippen molar-refractivity contribution in [3.63, 3.8) is 0 Å². The van der Waals surface area contributed by atoms with Gasteiger partial charge in [0.2, 0.25) is 0 Å². The summed E-state index contributed by atoms with van der Waals surface area (Å²) in [5, 5.41) is 8.11. The van der Waals surface area contributed by atoms with E-state index in [0.717, 1.165) is 31.7 Å². The molecule has 0 aliphatic carbocycles. The molecule has 0 atom stereocenters. The minimum Gasteiger partial charge on any atom is -0.381 e. The van der Waals surface area contributed by atoms with Crippen LogP contribution in [0, 0.1) is 17.3 Å². The molecule has 0 saturated heterocycles. The van der Waals surface area contributed by atoms with Gasteiger partial charge in [-0.15, -0.1) is 5.10 Å². The summed E-state index contributed by atoms with van der Waals surface area (Å²) in [5.74, 6) is 1.30. The van der Waals surface area contributed by atoms with Crippen molar-refractivity contribution in [1.29, 1.82) is 0 Å². The average Bonchev–Trinajstić information content (AvgIpc) is 3.09. The van der Waals surface area contributed by atoms with E-state index in [0.29, 0.717) is 42.3 Å². The van der Waals surface area contributed by atoms with E-state index in [1.165, 1.54) is 0 Å². The molecule has 0 amide bonds. The number of rotatable bonds is 12. The number of hydrogen-bond donors (Lipinski definition) is 0. The summed E-state index contributed by atoms with van der Waals surface area (Å²) in [6.07, 6.45) is 5.04. The molecule has 174 valence electrons. The first kappa shape index (κ1) is 28.4. The highest BCUT2D eigenvalue weighted by molar-refractivity contribution is 5.80. The van der Waals surface area contributed by atoms with E-state index >= 15 is 0 Å². The second-order valence-corrected chi connectivity index (χ2v) is 10.1. The third kappa shape index (κ3) is 14.4. The minimum atomic E-state index is 0.140. The highest BCUT2D eigenvalue weighted by Gasteiger charge is 2.11. The van der Waals surface area contributed by atoms with Gasteiger partial charge in [0, 0.05) is 44.0 Å². The van der Waals surface area contributed by atoms with Gasteiger partial charge in [0.1, 0.15) is 11.6 Å². The normalized spacial score (nSPS) is 11.7. The van der Waals surface area contributed by atoms with Crippen LogP contribution >= 0.6 is 0 Å². The van der Waals surface area contributed by atoms with Crippen LogP contribution in [-0.4, -0.2) is 39.8 Å². The van der Waals surface area contributed by atoms with Crippen molar-refractivity contribution in [3.8, 4) is 0 Å². The second kappa shape index (κ2) is 14.4. The van der Waals surface area contributed by atoms with E-state index in [-0.39, 0.29) is 11.8 Å². The molecule has 0 bridgehead atoms. The Bertz CT molecular complexity index is 613. The summed E-state index contributed by atoms with van der Waals surface area (Å²) in [5.41, 5.74) is 1.33. The van der Waals surface area contributed by atoms with Gasteiger partial charge in [-0.2, -0.15) is 0 Å². The summed E-state index contributed by atoms with van der Waals surface area (Å²) >= 11 is 0. The lowest BCUT2D eigenvalue weighted by Gasteiger charge is -2.17. The fourth-order valence-corrected chi connectivity index (χ4v) is 2.33. The number of hydrogen-bond acceptors (Lipinski definition) is 5. The Hall–Kier alpha value is -1.56. The Morgan fingerprint density at radius 2 is 1.53 bits per heavy atom. The van der Waals surface area contributed by atoms with Crippen molar-refractivity contribution in [2.24, 2.45) is 17.3 Å². The lowest BCUT2D eigenvalue weighted by molar-refractivity contribution is -0.123. The van der Waals surface area contributed by atoms with Crippen LogP contribution in [0.1, 0.15) is 99.6 Å². The second-order valence-electron chi connectivity index (χ2n) is 10.1. The number of aromatic nitrogens is 3. The van der Waals surface area contributed by atoms with Gasteiger partial charge in [-0.05, 0) is 24.2 Å². The van der Waals surface area contributed by atoms with Gasteiger partial charge in [0.15, 0.2) is 0 Å². The third-order valence-corrected chi connectivity index (χ3v) is 4.74. The topological polar surface area (TPSA) is 74.1 Å². The van der Waals surface area contributed by atoms with Crippen molar-refractivity contribution in [1.82, 2.24) is 15.0 Å². The van der Waals surface area contributed by atoms with Crippen LogP contribution < -0.4 is 0 Å². The van der Waals surface area contributed by atoms with E-state index in [4.69, 9.17) is 4.74 Å². The number of ketones is 2. The first-order valence-electron chi connectivity index (χ1n) is 11.4. The first-order valence-corrected chi connectivity index (χ1v) is 11.4. The fraction of sp³-hybridized carbons (Fsp3) is 0.833. The van der Waals surface area contributed by atoms with Crippen LogP contribution in [0.2, 0.25) is 0 Å². The molecule has 6 nitrogen and oxygen atoms in total. The minimum absolute atomic E-state index is 0.140. The first-order chi connectivity index (χ1) is 13.8. The zero-order valence-electron chi connectivity index (χ0n) is 20.8. The van der Waals surface area contributed by atoms with Crippen molar-refractivity contribution in [2.75, 3.05) is 13.2 Å². The Kier molecular flexibility index (Phi) is 13.7. The number of carbonyl (C=O) groups excluding carboxylic acids is 2. The Labute approximate surface area is 184 Å². The Morgan fingerprint density at radius 1 is 0.967 bits per heavy atom. The summed E-state index contributed by atoms with van der Waals surface area (Å²) < 4.78 is 7.23. The lowest BCUT2D eigenvalue weighted by atomic mass is 9.93. The van der Waals surface area contributed by atoms with Crippen LogP contribution in [0.15, 0.2) is 6.20 Å². The zero-order chi connectivity index (χ0) is 23.3. The van der Waals surface area contributed by atoms with Gasteiger partial charge in [-0.25, -0.2) is 0 Å². The lowest BCUT2D eigenvalue weighted by Crippen LogP contribution is -2.13. The number of ether oxygens (including phenoxy) is 1. The summed E-state index contributed by atoms with van der Waals surface area (Å²) in [4.78, 5) is 22.6. The van der Waals surface area contributed by atoms with Gasteiger partial charge in [-0.3, -0.25) is 14.3 Å². The SMILES string of the molecule is CC(C)C(=O)CCCn1cc(C(C)C)nn1.CC(C)C(=O)CCOCCC(C)(C)C. The van der Waals surface area contributed by atoms with E-state index in [1.807, 2.05) is 38.6 Å². The molecule has 0 aliphatic heterocycles. The van der Waals surface area contributed by atoms with Crippen molar-refractivity contribution in [2.45, 2.75) is 100 Å². The number of nitrogens with zero attached hydrogens (tertiary/aromatic N) is 3. The van der Waals surface area contributed by atoms with Gasteiger partial charge >= 0.3 is 0 Å². The molecular weight excluding hydrogens is 378 g/mol. The highest BCUT2D eigenvalue weighted by Crippen LogP contribution is 2.18. The quantitative estimate of drug-likeness (QED) is 0.417. The molecule has 0 unspecified atom stereocenters.